The molecule has 0 rings (SSSR count). The number of hydrogen-bond acceptors (Lipinski definition) is 1. The zero-order chi connectivity index (χ0) is 15.9. The van der Waals surface area contributed by atoms with E-state index in [9.17, 15) is 0 Å². The minimum absolute atomic E-state index is 1.83. The lowest BCUT2D eigenvalue weighted by atomic mass is 10.4. The molecule has 0 aliphatic heterocycles. The van der Waals surface area contributed by atoms with Crippen LogP contribution < -0.4 is 0 Å². The minimum Gasteiger partial charge on any atom is -0.378 e. The maximum absolute atomic E-state index is 7.47. The number of alkyl halides is 8. The van der Waals surface area contributed by atoms with E-state index in [4.69, 9.17) is 98.3 Å². The van der Waals surface area contributed by atoms with Gasteiger partial charge in [-0.1, -0.05) is 69.6 Å². The van der Waals surface area contributed by atoms with Gasteiger partial charge in [0.2, 0.25) is 7.59 Å². The van der Waals surface area contributed by atoms with E-state index >= 15 is 0 Å². The zero-order valence-corrected chi connectivity index (χ0v) is 12.6. The van der Waals surface area contributed by atoms with E-state index in [0.29, 0.717) is 0 Å². The molecule has 0 aromatic heterocycles. The Morgan fingerprint density at radius 3 is 1.33 bits per heavy atom. The van der Waals surface area contributed by atoms with Crippen molar-refractivity contribution in [3.8, 4) is 0 Å². The van der Waals surface area contributed by atoms with E-state index in [1.165, 1.54) is 0 Å². The molecule has 0 aromatic carbocycles. The molecule has 0 saturated carbocycles. The van der Waals surface area contributed by atoms with Gasteiger partial charge in [-0.3, -0.25) is 0 Å². The van der Waals surface area contributed by atoms with Gasteiger partial charge in [0.25, 0.3) is 0 Å². The summed E-state index contributed by atoms with van der Waals surface area (Å²) in [6, 6.07) is 0. The average Bonchev–Trinajstić information content (AvgIpc) is 2.10. The van der Waals surface area contributed by atoms with Crippen LogP contribution in [0.2, 0.25) is 0 Å². The molecular formula is C6H6Cl8O. The van der Waals surface area contributed by atoms with E-state index in [1.54, 1.807) is 0 Å². The summed E-state index contributed by atoms with van der Waals surface area (Å²) in [5.41, 5.74) is 0. The van der Waals surface area contributed by atoms with Crippen molar-refractivity contribution < 1.29 is 10.2 Å². The third kappa shape index (κ3) is 8.07. The van der Waals surface area contributed by atoms with Gasteiger partial charge in [0.05, 0.1) is 18.6 Å². The van der Waals surface area contributed by atoms with Gasteiger partial charge in [0.15, 0.2) is 0 Å². The van der Waals surface area contributed by atoms with Crippen LogP contribution in [0.1, 0.15) is 5.48 Å². The second kappa shape index (κ2) is 7.01. The van der Waals surface area contributed by atoms with E-state index in [1.807, 2.05) is 0 Å². The van der Waals surface area contributed by atoms with Gasteiger partial charge in [-0.2, -0.15) is 0 Å². The first kappa shape index (κ1) is 11.1. The van der Waals surface area contributed by atoms with E-state index < -0.39 is 31.5 Å². The molecule has 0 spiro atoms. The second-order valence-electron chi connectivity index (χ2n) is 2.15. The Hall–Kier alpha value is 2.28. The van der Waals surface area contributed by atoms with Crippen LogP contribution in [0.5, 0.6) is 0 Å². The van der Waals surface area contributed by atoms with Gasteiger partial charge >= 0.3 is 0 Å². The molecule has 1 nitrogen and oxygen atoms in total. The Kier molecular flexibility index (Phi) is 5.21. The van der Waals surface area contributed by atoms with Gasteiger partial charge in [-0.05, 0) is 0 Å². The van der Waals surface area contributed by atoms with E-state index in [-0.39, 0.29) is 0 Å². The highest BCUT2D eigenvalue weighted by Gasteiger charge is 2.33. The summed E-state index contributed by atoms with van der Waals surface area (Å²) in [5, 5.41) is -3.67. The maximum Gasteiger partial charge on any atom is 0.208 e. The molecule has 2 unspecified atom stereocenters. The van der Waals surface area contributed by atoms with Crippen molar-refractivity contribution in [2.75, 3.05) is 13.1 Å². The molecule has 9 heteroatoms. The molecule has 0 aliphatic carbocycles. The Bertz CT molecular complexity index is 283. The van der Waals surface area contributed by atoms with Crippen LogP contribution in [0, 0.1) is 0 Å². The lowest BCUT2D eigenvalue weighted by Crippen LogP contribution is -2.30. The fourth-order valence-electron chi connectivity index (χ4n) is 0.271. The maximum atomic E-state index is 7.47. The van der Waals surface area contributed by atoms with Crippen molar-refractivity contribution >= 4 is 92.8 Å². The molecule has 0 heterocycles. The molecule has 2 atom stereocenters. The van der Waals surface area contributed by atoms with Gasteiger partial charge in [0.1, 0.15) is 10.8 Å². The normalized spacial score (nSPS) is 23.5. The van der Waals surface area contributed by atoms with Crippen LogP contribution in [0.3, 0.4) is 0 Å². The molecule has 15 heavy (non-hydrogen) atoms. The van der Waals surface area contributed by atoms with Crippen molar-refractivity contribution in [3.05, 3.63) is 0 Å². The molecule has 0 aromatic rings. The molecule has 0 N–H and O–H groups in total. The van der Waals surface area contributed by atoms with Gasteiger partial charge in [0, 0.05) is 0 Å². The highest BCUT2D eigenvalue weighted by molar-refractivity contribution is 6.70. The quantitative estimate of drug-likeness (QED) is 0.625. The summed E-state index contributed by atoms with van der Waals surface area (Å²) >= 11 is 43.6. The van der Waals surface area contributed by atoms with Crippen LogP contribution in [0.15, 0.2) is 0 Å². The molecule has 92 valence electrons. The van der Waals surface area contributed by atoms with Crippen LogP contribution in [0.4, 0.5) is 0 Å². The first-order valence-electron chi connectivity index (χ1n) is 5.13. The average molecular weight is 382 g/mol. The standard InChI is InChI=1S/C6H6Cl8O/c7-3(5(9,10)11)1-15-2-4(8)6(12,13)14/h3-4H,1-2H2/i1D2,2D2. The molecule has 0 fully saturated rings. The number of rotatable bonds is 4. The second-order valence-corrected chi connectivity index (χ2v) is 7.76. The molecule has 0 aliphatic rings. The Labute approximate surface area is 134 Å². The largest absolute Gasteiger partial charge is 0.378 e. The zero-order valence-electron chi connectivity index (χ0n) is 10.6. The van der Waals surface area contributed by atoms with E-state index in [0.717, 1.165) is 0 Å². The summed E-state index contributed by atoms with van der Waals surface area (Å²) in [6.07, 6.45) is 0. The number of ether oxygens (including phenoxy) is 1. The fraction of sp³-hybridized carbons (Fsp3) is 1.00. The van der Waals surface area contributed by atoms with Crippen molar-refractivity contribution in [2.24, 2.45) is 0 Å². The van der Waals surface area contributed by atoms with Crippen LogP contribution in [-0.4, -0.2) is 31.5 Å². The van der Waals surface area contributed by atoms with Gasteiger partial charge < -0.3 is 4.74 Å². The smallest absolute Gasteiger partial charge is 0.208 e. The molecule has 0 radical (unpaired) electrons. The monoisotopic (exact) mass is 378 g/mol. The predicted octanol–water partition coefficient (Wildman–Crippen LogP) is 4.96. The van der Waals surface area contributed by atoms with Crippen molar-refractivity contribution in [1.29, 1.82) is 0 Å². The molecule has 0 saturated heterocycles. The highest BCUT2D eigenvalue weighted by Crippen LogP contribution is 2.35. The van der Waals surface area contributed by atoms with Crippen molar-refractivity contribution in [3.63, 3.8) is 0 Å². The van der Waals surface area contributed by atoms with Crippen molar-refractivity contribution in [1.82, 2.24) is 0 Å². The Morgan fingerprint density at radius 1 is 0.867 bits per heavy atom. The van der Waals surface area contributed by atoms with Crippen molar-refractivity contribution in [2.45, 2.75) is 18.3 Å². The summed E-state index contributed by atoms with van der Waals surface area (Å²) in [4.78, 5) is 0. The summed E-state index contributed by atoms with van der Waals surface area (Å²) in [7, 11) is 0. The lowest BCUT2D eigenvalue weighted by Gasteiger charge is -2.21. The fourth-order valence-corrected chi connectivity index (χ4v) is 0.627. The lowest BCUT2D eigenvalue weighted by molar-refractivity contribution is 0.135. The topological polar surface area (TPSA) is 9.23 Å². The molecule has 0 amide bonds. The Balaban J connectivity index is 5.11. The first-order chi connectivity index (χ1) is 8.02. The summed E-state index contributed by atoms with van der Waals surface area (Å²) in [5.74, 6) is 0. The minimum atomic E-state index is -2.89. The third-order valence-corrected chi connectivity index (χ3v) is 3.71. The number of halogens is 8. The molecule has 0 bridgehead atoms. The molecular weight excluding hydrogens is 372 g/mol. The van der Waals surface area contributed by atoms with Gasteiger partial charge in [-0.15, -0.1) is 23.2 Å². The summed E-state index contributed by atoms with van der Waals surface area (Å²) < 4.78 is 29.9. The van der Waals surface area contributed by atoms with Gasteiger partial charge in [-0.25, -0.2) is 0 Å². The predicted molar refractivity (Wildman–Crippen MR) is 70.7 cm³/mol. The van der Waals surface area contributed by atoms with Crippen LogP contribution in [0.25, 0.3) is 0 Å². The van der Waals surface area contributed by atoms with Crippen LogP contribution in [-0.2, 0) is 4.74 Å². The summed E-state index contributed by atoms with van der Waals surface area (Å²) in [6.45, 7) is -5.78. The first-order valence-corrected chi connectivity index (χ1v) is 6.27. The Morgan fingerprint density at radius 2 is 1.13 bits per heavy atom. The third-order valence-electron chi connectivity index (χ3n) is 0.900. The SMILES string of the molecule is [2H]C([2H])(OC([2H])([2H])C(Cl)C(Cl)(Cl)Cl)C(Cl)C(Cl)(Cl)Cl. The highest BCUT2D eigenvalue weighted by atomic mass is 35.6. The van der Waals surface area contributed by atoms with E-state index in [2.05, 4.69) is 4.74 Å². The number of hydrogen-bond donors (Lipinski definition) is 0. The van der Waals surface area contributed by atoms with Crippen LogP contribution >= 0.6 is 92.8 Å².